The lowest BCUT2D eigenvalue weighted by molar-refractivity contribution is 0.460. The SMILES string of the molecule is CCNC(C)c1ccc(Br)cc1Oc1ccc(C)cc1Br. The summed E-state index contributed by atoms with van der Waals surface area (Å²) in [5, 5.41) is 3.42. The largest absolute Gasteiger partial charge is 0.456 e. The van der Waals surface area contributed by atoms with Gasteiger partial charge in [-0.1, -0.05) is 35.0 Å². The van der Waals surface area contributed by atoms with Gasteiger partial charge in [-0.2, -0.15) is 0 Å². The summed E-state index contributed by atoms with van der Waals surface area (Å²) in [6.07, 6.45) is 0. The van der Waals surface area contributed by atoms with E-state index in [4.69, 9.17) is 4.74 Å². The molecule has 1 N–H and O–H groups in total. The lowest BCUT2D eigenvalue weighted by Gasteiger charge is -2.18. The molecule has 0 bridgehead atoms. The van der Waals surface area contributed by atoms with Crippen LogP contribution in [0, 0.1) is 6.92 Å². The van der Waals surface area contributed by atoms with Gasteiger partial charge in [-0.25, -0.2) is 0 Å². The highest BCUT2D eigenvalue weighted by molar-refractivity contribution is 9.10. The number of ether oxygens (including phenoxy) is 1. The summed E-state index contributed by atoms with van der Waals surface area (Å²) >= 11 is 7.08. The number of hydrogen-bond donors (Lipinski definition) is 1. The van der Waals surface area contributed by atoms with Crippen molar-refractivity contribution < 1.29 is 4.74 Å². The first kappa shape index (κ1) is 16.5. The van der Waals surface area contributed by atoms with E-state index in [0.717, 1.165) is 32.6 Å². The molecular weight excluding hydrogens is 394 g/mol. The van der Waals surface area contributed by atoms with Crippen molar-refractivity contribution in [3.63, 3.8) is 0 Å². The van der Waals surface area contributed by atoms with E-state index in [2.05, 4.69) is 70.1 Å². The Labute approximate surface area is 143 Å². The minimum Gasteiger partial charge on any atom is -0.456 e. The van der Waals surface area contributed by atoms with Gasteiger partial charge in [0, 0.05) is 16.1 Å². The summed E-state index contributed by atoms with van der Waals surface area (Å²) in [5.74, 6) is 1.69. The van der Waals surface area contributed by atoms with Gasteiger partial charge in [0.2, 0.25) is 0 Å². The van der Waals surface area contributed by atoms with E-state index in [-0.39, 0.29) is 6.04 Å². The maximum Gasteiger partial charge on any atom is 0.141 e. The second kappa shape index (κ2) is 7.43. The van der Waals surface area contributed by atoms with Gasteiger partial charge in [0.15, 0.2) is 0 Å². The van der Waals surface area contributed by atoms with Crippen LogP contribution in [0.3, 0.4) is 0 Å². The third-order valence-electron chi connectivity index (χ3n) is 3.26. The molecule has 4 heteroatoms. The van der Waals surface area contributed by atoms with E-state index < -0.39 is 0 Å². The lowest BCUT2D eigenvalue weighted by atomic mass is 10.1. The van der Waals surface area contributed by atoms with E-state index in [0.29, 0.717) is 0 Å². The van der Waals surface area contributed by atoms with Gasteiger partial charge >= 0.3 is 0 Å². The van der Waals surface area contributed by atoms with Crippen LogP contribution in [-0.4, -0.2) is 6.54 Å². The zero-order valence-corrected chi connectivity index (χ0v) is 15.6. The molecule has 2 rings (SSSR count). The molecule has 2 nitrogen and oxygen atoms in total. The predicted octanol–water partition coefficient (Wildman–Crippen LogP) is 5.98. The molecule has 2 aromatic rings. The Morgan fingerprint density at radius 1 is 1.10 bits per heavy atom. The minimum atomic E-state index is 0.238. The molecule has 1 unspecified atom stereocenters. The summed E-state index contributed by atoms with van der Waals surface area (Å²) in [7, 11) is 0. The number of aryl methyl sites for hydroxylation is 1. The smallest absolute Gasteiger partial charge is 0.141 e. The molecule has 1 atom stereocenters. The Balaban J connectivity index is 2.35. The van der Waals surface area contributed by atoms with Crippen LogP contribution in [0.1, 0.15) is 31.0 Å². The van der Waals surface area contributed by atoms with Crippen LogP contribution in [0.2, 0.25) is 0 Å². The van der Waals surface area contributed by atoms with Crippen LogP contribution in [0.5, 0.6) is 11.5 Å². The second-order valence-electron chi connectivity index (χ2n) is 5.00. The van der Waals surface area contributed by atoms with Gasteiger partial charge in [-0.05, 0) is 66.2 Å². The van der Waals surface area contributed by atoms with Crippen LogP contribution >= 0.6 is 31.9 Å². The first-order valence-electron chi connectivity index (χ1n) is 6.98. The molecule has 0 saturated heterocycles. The monoisotopic (exact) mass is 411 g/mol. The average Bonchev–Trinajstić information content (AvgIpc) is 2.42. The van der Waals surface area contributed by atoms with Crippen LogP contribution in [0.15, 0.2) is 45.3 Å². The normalized spacial score (nSPS) is 12.2. The van der Waals surface area contributed by atoms with Gasteiger partial charge in [0.05, 0.1) is 4.47 Å². The Kier molecular flexibility index (Phi) is 5.85. The minimum absolute atomic E-state index is 0.238. The van der Waals surface area contributed by atoms with Crippen molar-refractivity contribution in [2.75, 3.05) is 6.54 Å². The van der Waals surface area contributed by atoms with Gasteiger partial charge in [0.1, 0.15) is 11.5 Å². The molecule has 0 aliphatic carbocycles. The van der Waals surface area contributed by atoms with Crippen molar-refractivity contribution in [2.24, 2.45) is 0 Å². The molecule has 0 aliphatic rings. The summed E-state index contributed by atoms with van der Waals surface area (Å²) in [4.78, 5) is 0. The first-order valence-corrected chi connectivity index (χ1v) is 8.56. The third kappa shape index (κ3) is 4.31. The first-order chi connectivity index (χ1) is 10.0. The highest BCUT2D eigenvalue weighted by Crippen LogP contribution is 2.35. The molecule has 2 aromatic carbocycles. The van der Waals surface area contributed by atoms with Gasteiger partial charge in [0.25, 0.3) is 0 Å². The molecule has 0 radical (unpaired) electrons. The van der Waals surface area contributed by atoms with E-state index in [1.165, 1.54) is 5.56 Å². The number of rotatable bonds is 5. The molecule has 0 aliphatic heterocycles. The number of benzene rings is 2. The summed E-state index contributed by atoms with van der Waals surface area (Å²) < 4.78 is 8.10. The van der Waals surface area contributed by atoms with Gasteiger partial charge < -0.3 is 10.1 Å². The third-order valence-corrected chi connectivity index (χ3v) is 4.37. The molecule has 0 saturated carbocycles. The molecule has 0 aromatic heterocycles. The topological polar surface area (TPSA) is 21.3 Å². The van der Waals surface area contributed by atoms with Crippen molar-refractivity contribution in [2.45, 2.75) is 26.8 Å². The van der Waals surface area contributed by atoms with E-state index >= 15 is 0 Å². The molecule has 0 spiro atoms. The fourth-order valence-electron chi connectivity index (χ4n) is 2.18. The van der Waals surface area contributed by atoms with E-state index in [1.54, 1.807) is 0 Å². The highest BCUT2D eigenvalue weighted by atomic mass is 79.9. The van der Waals surface area contributed by atoms with Crippen molar-refractivity contribution in [1.29, 1.82) is 0 Å². The molecule has 112 valence electrons. The standard InChI is InChI=1S/C17H19Br2NO/c1-4-20-12(3)14-7-6-13(18)10-17(14)21-16-8-5-11(2)9-15(16)19/h5-10,12,20H,4H2,1-3H3. The van der Waals surface area contributed by atoms with E-state index in [9.17, 15) is 0 Å². The molecular formula is C17H19Br2NO. The average molecular weight is 413 g/mol. The van der Waals surface area contributed by atoms with Crippen LogP contribution in [0.4, 0.5) is 0 Å². The van der Waals surface area contributed by atoms with Crippen molar-refractivity contribution >= 4 is 31.9 Å². The zero-order chi connectivity index (χ0) is 15.4. The van der Waals surface area contributed by atoms with Crippen LogP contribution < -0.4 is 10.1 Å². The Morgan fingerprint density at radius 2 is 1.86 bits per heavy atom. The van der Waals surface area contributed by atoms with Crippen LogP contribution in [0.25, 0.3) is 0 Å². The Morgan fingerprint density at radius 3 is 2.52 bits per heavy atom. The predicted molar refractivity (Wildman–Crippen MR) is 95.2 cm³/mol. The zero-order valence-electron chi connectivity index (χ0n) is 12.4. The van der Waals surface area contributed by atoms with Gasteiger partial charge in [-0.3, -0.25) is 0 Å². The van der Waals surface area contributed by atoms with Crippen LogP contribution in [-0.2, 0) is 0 Å². The van der Waals surface area contributed by atoms with Gasteiger partial charge in [-0.15, -0.1) is 0 Å². The Bertz CT molecular complexity index is 628. The fraction of sp³-hybridized carbons (Fsp3) is 0.294. The van der Waals surface area contributed by atoms with Crippen molar-refractivity contribution in [1.82, 2.24) is 5.32 Å². The molecule has 0 fully saturated rings. The second-order valence-corrected chi connectivity index (χ2v) is 6.77. The number of hydrogen-bond acceptors (Lipinski definition) is 2. The lowest BCUT2D eigenvalue weighted by Crippen LogP contribution is -2.18. The molecule has 21 heavy (non-hydrogen) atoms. The molecule has 0 heterocycles. The quantitative estimate of drug-likeness (QED) is 0.651. The van der Waals surface area contributed by atoms with E-state index in [1.807, 2.05) is 24.3 Å². The maximum absolute atomic E-state index is 6.13. The Hall–Kier alpha value is -0.840. The highest BCUT2D eigenvalue weighted by Gasteiger charge is 2.13. The summed E-state index contributed by atoms with van der Waals surface area (Å²) in [6, 6.07) is 12.5. The fourth-order valence-corrected chi connectivity index (χ4v) is 3.09. The van der Waals surface area contributed by atoms with Crippen molar-refractivity contribution in [3.05, 3.63) is 56.5 Å². The number of nitrogens with one attached hydrogen (secondary N) is 1. The maximum atomic E-state index is 6.13. The summed E-state index contributed by atoms with van der Waals surface area (Å²) in [6.45, 7) is 7.23. The molecule has 0 amide bonds. The number of halogens is 2. The van der Waals surface area contributed by atoms with Crippen molar-refractivity contribution in [3.8, 4) is 11.5 Å². The summed E-state index contributed by atoms with van der Waals surface area (Å²) in [5.41, 5.74) is 2.34.